The van der Waals surface area contributed by atoms with E-state index in [-0.39, 0.29) is 12.0 Å². The normalized spacial score (nSPS) is 18.9. The van der Waals surface area contributed by atoms with Crippen LogP contribution in [0, 0.1) is 0 Å². The number of aromatic nitrogens is 2. The number of nitrogens with zero attached hydrogens (tertiary/aromatic N) is 2. The largest absolute Gasteiger partial charge is 0.493 e. The first-order valence-electron chi connectivity index (χ1n) is 7.09. The summed E-state index contributed by atoms with van der Waals surface area (Å²) in [5, 5.41) is 4.14. The molecule has 2 atom stereocenters. The maximum atomic E-state index is 6.08. The van der Waals surface area contributed by atoms with Gasteiger partial charge in [-0.25, -0.2) is 0 Å². The SMILES string of the molecule is CSCC[C@H](N)c1nc(C2CCOc3ccccc32)no1. The standard InChI is InChI=1S/C15H19N3O2S/c1-21-9-7-12(16)15-17-14(18-20-15)11-6-8-19-13-5-3-2-4-10(11)13/h2-5,11-12H,6-9,16H2,1H3/t11?,12-/m0/s1. The zero-order chi connectivity index (χ0) is 14.7. The molecule has 0 amide bonds. The van der Waals surface area contributed by atoms with E-state index in [4.69, 9.17) is 15.0 Å². The molecule has 1 aromatic heterocycles. The van der Waals surface area contributed by atoms with Gasteiger partial charge in [-0.1, -0.05) is 23.4 Å². The summed E-state index contributed by atoms with van der Waals surface area (Å²) in [5.74, 6) is 3.26. The Hall–Kier alpha value is -1.53. The fourth-order valence-corrected chi connectivity index (χ4v) is 3.01. The Labute approximate surface area is 128 Å². The van der Waals surface area contributed by atoms with E-state index in [9.17, 15) is 0 Å². The zero-order valence-electron chi connectivity index (χ0n) is 12.0. The van der Waals surface area contributed by atoms with Gasteiger partial charge in [-0.05, 0) is 30.9 Å². The molecule has 1 aromatic carbocycles. The van der Waals surface area contributed by atoms with Crippen LogP contribution in [0.1, 0.15) is 42.1 Å². The predicted molar refractivity (Wildman–Crippen MR) is 82.6 cm³/mol. The Bertz CT molecular complexity index is 602. The molecule has 0 radical (unpaired) electrons. The number of hydrogen-bond acceptors (Lipinski definition) is 6. The molecule has 1 aliphatic rings. The van der Waals surface area contributed by atoms with E-state index in [0.717, 1.165) is 29.9 Å². The van der Waals surface area contributed by atoms with Gasteiger partial charge in [-0.2, -0.15) is 16.7 Å². The molecule has 1 aliphatic heterocycles. The van der Waals surface area contributed by atoms with Crippen LogP contribution in [0.5, 0.6) is 5.75 Å². The molecule has 0 fully saturated rings. The second-order valence-corrected chi connectivity index (χ2v) is 6.09. The van der Waals surface area contributed by atoms with E-state index in [2.05, 4.69) is 22.5 Å². The lowest BCUT2D eigenvalue weighted by atomic mass is 9.92. The number of ether oxygens (including phenoxy) is 1. The second-order valence-electron chi connectivity index (χ2n) is 5.11. The minimum atomic E-state index is -0.186. The van der Waals surface area contributed by atoms with E-state index in [1.807, 2.05) is 18.2 Å². The number of fused-ring (bicyclic) bond motifs is 1. The van der Waals surface area contributed by atoms with E-state index in [1.54, 1.807) is 11.8 Å². The fourth-order valence-electron chi connectivity index (χ4n) is 2.52. The van der Waals surface area contributed by atoms with Crippen LogP contribution in [-0.2, 0) is 0 Å². The van der Waals surface area contributed by atoms with Crippen LogP contribution >= 0.6 is 11.8 Å². The topological polar surface area (TPSA) is 74.2 Å². The first-order valence-corrected chi connectivity index (χ1v) is 8.48. The van der Waals surface area contributed by atoms with Gasteiger partial charge in [-0.15, -0.1) is 0 Å². The molecule has 1 unspecified atom stereocenters. The van der Waals surface area contributed by atoms with Gasteiger partial charge in [-0.3, -0.25) is 0 Å². The molecule has 2 N–H and O–H groups in total. The van der Waals surface area contributed by atoms with Crippen LogP contribution in [0.4, 0.5) is 0 Å². The van der Waals surface area contributed by atoms with E-state index in [1.165, 1.54) is 0 Å². The summed E-state index contributed by atoms with van der Waals surface area (Å²) in [6.45, 7) is 0.671. The van der Waals surface area contributed by atoms with Gasteiger partial charge < -0.3 is 15.0 Å². The van der Waals surface area contributed by atoms with Crippen molar-refractivity contribution in [3.05, 3.63) is 41.5 Å². The smallest absolute Gasteiger partial charge is 0.243 e. The van der Waals surface area contributed by atoms with Crippen LogP contribution in [0.2, 0.25) is 0 Å². The molecule has 2 aromatic rings. The number of rotatable bonds is 5. The quantitative estimate of drug-likeness (QED) is 0.915. The van der Waals surface area contributed by atoms with E-state index >= 15 is 0 Å². The maximum Gasteiger partial charge on any atom is 0.243 e. The molecule has 3 rings (SSSR count). The van der Waals surface area contributed by atoms with Crippen LogP contribution in [-0.4, -0.2) is 28.8 Å². The van der Waals surface area contributed by atoms with Crippen molar-refractivity contribution in [1.82, 2.24) is 10.1 Å². The summed E-state index contributed by atoms with van der Waals surface area (Å²) < 4.78 is 11.0. The Morgan fingerprint density at radius 1 is 1.43 bits per heavy atom. The van der Waals surface area contributed by atoms with Crippen molar-refractivity contribution >= 4 is 11.8 Å². The van der Waals surface area contributed by atoms with Crippen LogP contribution in [0.3, 0.4) is 0 Å². The van der Waals surface area contributed by atoms with Gasteiger partial charge in [0.1, 0.15) is 5.75 Å². The maximum absolute atomic E-state index is 6.08. The van der Waals surface area contributed by atoms with Gasteiger partial charge >= 0.3 is 0 Å². The lowest BCUT2D eigenvalue weighted by molar-refractivity contribution is 0.271. The highest BCUT2D eigenvalue weighted by Crippen LogP contribution is 2.36. The second kappa shape index (κ2) is 6.49. The molecular weight excluding hydrogens is 286 g/mol. The van der Waals surface area contributed by atoms with Gasteiger partial charge in [0.25, 0.3) is 0 Å². The third kappa shape index (κ3) is 3.06. The molecule has 0 bridgehead atoms. The van der Waals surface area contributed by atoms with Gasteiger partial charge in [0.2, 0.25) is 5.89 Å². The highest BCUT2D eigenvalue weighted by Gasteiger charge is 2.27. The molecule has 0 spiro atoms. The minimum Gasteiger partial charge on any atom is -0.493 e. The molecule has 112 valence electrons. The van der Waals surface area contributed by atoms with Crippen molar-refractivity contribution in [3.63, 3.8) is 0 Å². The molecule has 2 heterocycles. The third-order valence-corrected chi connectivity index (χ3v) is 4.32. The molecule has 0 aliphatic carbocycles. The van der Waals surface area contributed by atoms with Crippen molar-refractivity contribution in [3.8, 4) is 5.75 Å². The highest BCUT2D eigenvalue weighted by molar-refractivity contribution is 7.98. The minimum absolute atomic E-state index is 0.125. The summed E-state index contributed by atoms with van der Waals surface area (Å²) in [4.78, 5) is 4.52. The van der Waals surface area contributed by atoms with E-state index in [0.29, 0.717) is 18.3 Å². The summed E-state index contributed by atoms with van der Waals surface area (Å²) >= 11 is 1.76. The first-order chi connectivity index (χ1) is 10.3. The third-order valence-electron chi connectivity index (χ3n) is 3.68. The average molecular weight is 305 g/mol. The molecule has 0 saturated carbocycles. The van der Waals surface area contributed by atoms with Crippen LogP contribution in [0.15, 0.2) is 28.8 Å². The zero-order valence-corrected chi connectivity index (χ0v) is 12.8. The Morgan fingerprint density at radius 2 is 2.29 bits per heavy atom. The highest BCUT2D eigenvalue weighted by atomic mass is 32.2. The Morgan fingerprint density at radius 3 is 3.14 bits per heavy atom. The van der Waals surface area contributed by atoms with Crippen molar-refractivity contribution in [2.45, 2.75) is 24.8 Å². The van der Waals surface area contributed by atoms with Crippen molar-refractivity contribution < 1.29 is 9.26 Å². The van der Waals surface area contributed by atoms with Crippen LogP contribution < -0.4 is 10.5 Å². The average Bonchev–Trinajstić information content (AvgIpc) is 3.02. The number of nitrogens with two attached hydrogens (primary N) is 1. The van der Waals surface area contributed by atoms with Crippen molar-refractivity contribution in [2.75, 3.05) is 18.6 Å². The number of para-hydroxylation sites is 1. The molecule has 21 heavy (non-hydrogen) atoms. The van der Waals surface area contributed by atoms with Gasteiger partial charge in [0, 0.05) is 5.56 Å². The van der Waals surface area contributed by atoms with Gasteiger partial charge in [0.15, 0.2) is 5.82 Å². The number of thioether (sulfide) groups is 1. The molecule has 6 heteroatoms. The van der Waals surface area contributed by atoms with Crippen molar-refractivity contribution in [2.24, 2.45) is 5.73 Å². The Kier molecular flexibility index (Phi) is 4.45. The lowest BCUT2D eigenvalue weighted by Crippen LogP contribution is -2.16. The predicted octanol–water partition coefficient (Wildman–Crippen LogP) is 2.74. The van der Waals surface area contributed by atoms with Gasteiger partial charge in [0.05, 0.1) is 18.6 Å². The summed E-state index contributed by atoms with van der Waals surface area (Å²) in [6, 6.07) is 7.83. The number of benzene rings is 1. The van der Waals surface area contributed by atoms with E-state index < -0.39 is 0 Å². The summed E-state index contributed by atoms with van der Waals surface area (Å²) in [6.07, 6.45) is 3.76. The number of hydrogen-bond donors (Lipinski definition) is 1. The lowest BCUT2D eigenvalue weighted by Gasteiger charge is -2.23. The monoisotopic (exact) mass is 305 g/mol. The Balaban J connectivity index is 1.81. The fraction of sp³-hybridized carbons (Fsp3) is 0.467. The summed E-state index contributed by atoms with van der Waals surface area (Å²) in [7, 11) is 0. The molecule has 5 nitrogen and oxygen atoms in total. The molecular formula is C15H19N3O2S. The molecule has 0 saturated heterocycles. The van der Waals surface area contributed by atoms with Crippen LogP contribution in [0.25, 0.3) is 0 Å². The van der Waals surface area contributed by atoms with Crippen molar-refractivity contribution in [1.29, 1.82) is 0 Å². The summed E-state index contributed by atoms with van der Waals surface area (Å²) in [5.41, 5.74) is 7.20. The first kappa shape index (κ1) is 14.4.